The maximum atomic E-state index is 12.3. The maximum Gasteiger partial charge on any atom is 0.224 e. The van der Waals surface area contributed by atoms with Crippen LogP contribution in [0.25, 0.3) is 0 Å². The molecule has 1 saturated carbocycles. The Kier molecular flexibility index (Phi) is 4.57. The summed E-state index contributed by atoms with van der Waals surface area (Å²) in [4.78, 5) is 12.3. The van der Waals surface area contributed by atoms with Crippen molar-refractivity contribution in [2.45, 2.75) is 25.0 Å². The van der Waals surface area contributed by atoms with Gasteiger partial charge in [0.25, 0.3) is 0 Å². The van der Waals surface area contributed by atoms with Crippen LogP contribution in [0.15, 0.2) is 18.2 Å². The number of carbonyl (C=O) groups is 1. The van der Waals surface area contributed by atoms with Crippen LogP contribution in [0.1, 0.15) is 12.0 Å². The first-order chi connectivity index (χ1) is 10.6. The van der Waals surface area contributed by atoms with Crippen LogP contribution >= 0.6 is 11.6 Å². The smallest absolute Gasteiger partial charge is 0.224 e. The van der Waals surface area contributed by atoms with E-state index in [4.69, 9.17) is 21.1 Å². The zero-order chi connectivity index (χ0) is 15.7. The quantitative estimate of drug-likeness (QED) is 0.865. The predicted molar refractivity (Wildman–Crippen MR) is 82.0 cm³/mol. The maximum absolute atomic E-state index is 12.3. The first kappa shape index (κ1) is 15.6. The van der Waals surface area contributed by atoms with E-state index in [0.717, 1.165) is 18.6 Å². The predicted octanol–water partition coefficient (Wildman–Crippen LogP) is 1.75. The summed E-state index contributed by atoms with van der Waals surface area (Å²) in [7, 11) is 1.67. The number of phenolic OH excluding ortho intramolecular Hbond substituents is 1. The van der Waals surface area contributed by atoms with E-state index >= 15 is 0 Å². The Morgan fingerprint density at radius 3 is 3.09 bits per heavy atom. The molecule has 0 bridgehead atoms. The molecule has 1 aromatic carbocycles. The number of rotatable bonds is 5. The van der Waals surface area contributed by atoms with Crippen LogP contribution in [0.5, 0.6) is 5.75 Å². The fraction of sp³-hybridized carbons (Fsp3) is 0.562. The molecule has 6 heteroatoms. The number of fused-ring (bicyclic) bond motifs is 1. The molecule has 0 radical (unpaired) electrons. The molecule has 1 amide bonds. The second-order valence-corrected chi connectivity index (χ2v) is 6.37. The Balaban J connectivity index is 1.60. The van der Waals surface area contributed by atoms with Crippen molar-refractivity contribution in [3.63, 3.8) is 0 Å². The standard InChI is InChI=1S/C16H20ClNO4/c1-21-8-11-15(10-4-5-22-16(10)11)18-14(20)7-9-2-3-13(19)12(17)6-9/h2-3,6,10-11,15-16,19H,4-5,7-8H2,1H3,(H,18,20)/t10-,11-,15-,16-/m0/s1. The molecule has 0 unspecified atom stereocenters. The van der Waals surface area contributed by atoms with Crippen LogP contribution in [0.4, 0.5) is 0 Å². The van der Waals surface area contributed by atoms with Gasteiger partial charge in [0.05, 0.1) is 24.2 Å². The van der Waals surface area contributed by atoms with Crippen LogP contribution < -0.4 is 5.32 Å². The summed E-state index contributed by atoms with van der Waals surface area (Å²) < 4.78 is 10.9. The fourth-order valence-electron chi connectivity index (χ4n) is 3.52. The van der Waals surface area contributed by atoms with Gasteiger partial charge in [-0.3, -0.25) is 4.79 Å². The second-order valence-electron chi connectivity index (χ2n) is 5.96. The lowest BCUT2D eigenvalue weighted by Crippen LogP contribution is -2.62. The van der Waals surface area contributed by atoms with Crippen LogP contribution in [0.2, 0.25) is 5.02 Å². The topological polar surface area (TPSA) is 67.8 Å². The Hall–Kier alpha value is -1.30. The Labute approximate surface area is 134 Å². The molecule has 1 aromatic rings. The molecule has 4 atom stereocenters. The van der Waals surface area contributed by atoms with E-state index in [9.17, 15) is 9.90 Å². The molecule has 5 nitrogen and oxygen atoms in total. The highest BCUT2D eigenvalue weighted by molar-refractivity contribution is 6.32. The van der Waals surface area contributed by atoms with Gasteiger partial charge in [-0.15, -0.1) is 0 Å². The van der Waals surface area contributed by atoms with Gasteiger partial charge in [-0.05, 0) is 24.1 Å². The van der Waals surface area contributed by atoms with E-state index in [1.165, 1.54) is 6.07 Å². The third-order valence-electron chi connectivity index (χ3n) is 4.59. The minimum atomic E-state index is -0.0433. The number of hydrogen-bond donors (Lipinski definition) is 2. The van der Waals surface area contributed by atoms with Crippen LogP contribution in [0, 0.1) is 11.8 Å². The Morgan fingerprint density at radius 1 is 1.55 bits per heavy atom. The summed E-state index contributed by atoms with van der Waals surface area (Å²) in [6.45, 7) is 1.35. The number of benzene rings is 1. The Bertz CT molecular complexity index is 565. The molecule has 120 valence electrons. The van der Waals surface area contributed by atoms with E-state index in [0.29, 0.717) is 12.5 Å². The van der Waals surface area contributed by atoms with Gasteiger partial charge in [0.15, 0.2) is 0 Å². The van der Waals surface area contributed by atoms with Gasteiger partial charge in [-0.2, -0.15) is 0 Å². The lowest BCUT2D eigenvalue weighted by molar-refractivity contribution is -0.129. The fourth-order valence-corrected chi connectivity index (χ4v) is 3.72. The molecule has 1 aliphatic heterocycles. The summed E-state index contributed by atoms with van der Waals surface area (Å²) >= 11 is 5.86. The molecular weight excluding hydrogens is 306 g/mol. The summed E-state index contributed by atoms with van der Waals surface area (Å²) in [6, 6.07) is 4.94. The summed E-state index contributed by atoms with van der Waals surface area (Å²) in [6.07, 6.45) is 1.45. The summed E-state index contributed by atoms with van der Waals surface area (Å²) in [5, 5.41) is 12.8. The average Bonchev–Trinajstić information content (AvgIpc) is 2.91. The average molecular weight is 326 g/mol. The number of aromatic hydroxyl groups is 1. The zero-order valence-electron chi connectivity index (χ0n) is 12.4. The van der Waals surface area contributed by atoms with Crippen molar-refractivity contribution in [2.24, 2.45) is 11.8 Å². The molecule has 2 fully saturated rings. The van der Waals surface area contributed by atoms with E-state index in [1.54, 1.807) is 19.2 Å². The first-order valence-electron chi connectivity index (χ1n) is 7.47. The molecule has 0 aromatic heterocycles. The van der Waals surface area contributed by atoms with Gasteiger partial charge >= 0.3 is 0 Å². The summed E-state index contributed by atoms with van der Waals surface area (Å²) in [5.74, 6) is 0.603. The number of nitrogens with one attached hydrogen (secondary N) is 1. The highest BCUT2D eigenvalue weighted by atomic mass is 35.5. The van der Waals surface area contributed by atoms with Crippen molar-refractivity contribution in [2.75, 3.05) is 20.3 Å². The largest absolute Gasteiger partial charge is 0.506 e. The second kappa shape index (κ2) is 6.44. The van der Waals surface area contributed by atoms with Gasteiger partial charge in [-0.25, -0.2) is 0 Å². The third kappa shape index (κ3) is 2.93. The van der Waals surface area contributed by atoms with Crippen molar-refractivity contribution in [3.8, 4) is 5.75 Å². The molecule has 2 N–H and O–H groups in total. The van der Waals surface area contributed by atoms with Gasteiger partial charge in [0.1, 0.15) is 5.75 Å². The lowest BCUT2D eigenvalue weighted by Gasteiger charge is -2.47. The zero-order valence-corrected chi connectivity index (χ0v) is 13.2. The SMILES string of the molecule is COC[C@H]1[C@@H](NC(=O)Cc2ccc(O)c(Cl)c2)[C@@H]2CCO[C@@H]21. The van der Waals surface area contributed by atoms with E-state index < -0.39 is 0 Å². The molecular formula is C16H20ClNO4. The van der Waals surface area contributed by atoms with Crippen molar-refractivity contribution in [1.29, 1.82) is 0 Å². The number of amides is 1. The van der Waals surface area contributed by atoms with Gasteiger partial charge < -0.3 is 19.9 Å². The summed E-state index contributed by atoms with van der Waals surface area (Å²) in [5.41, 5.74) is 0.780. The number of hydrogen-bond acceptors (Lipinski definition) is 4. The molecule has 1 heterocycles. The number of carbonyl (C=O) groups excluding carboxylic acids is 1. The van der Waals surface area contributed by atoms with E-state index in [2.05, 4.69) is 5.32 Å². The third-order valence-corrected chi connectivity index (χ3v) is 4.89. The lowest BCUT2D eigenvalue weighted by atomic mass is 9.67. The van der Waals surface area contributed by atoms with Crippen LogP contribution in [0.3, 0.4) is 0 Å². The minimum Gasteiger partial charge on any atom is -0.506 e. The number of phenols is 1. The van der Waals surface area contributed by atoms with E-state index in [-0.39, 0.29) is 41.2 Å². The van der Waals surface area contributed by atoms with E-state index in [1.807, 2.05) is 0 Å². The molecule has 1 aliphatic carbocycles. The Morgan fingerprint density at radius 2 is 2.36 bits per heavy atom. The van der Waals surface area contributed by atoms with Crippen molar-refractivity contribution < 1.29 is 19.4 Å². The normalized spacial score (nSPS) is 29.7. The molecule has 3 rings (SSSR count). The first-order valence-corrected chi connectivity index (χ1v) is 7.85. The molecule has 22 heavy (non-hydrogen) atoms. The number of ether oxygens (including phenoxy) is 2. The molecule has 0 spiro atoms. The molecule has 2 aliphatic rings. The molecule has 1 saturated heterocycles. The van der Waals surface area contributed by atoms with Gasteiger partial charge in [-0.1, -0.05) is 17.7 Å². The van der Waals surface area contributed by atoms with Crippen molar-refractivity contribution in [1.82, 2.24) is 5.32 Å². The minimum absolute atomic E-state index is 0.0240. The van der Waals surface area contributed by atoms with Gasteiger partial charge in [0.2, 0.25) is 5.91 Å². The van der Waals surface area contributed by atoms with Crippen LogP contribution in [-0.4, -0.2) is 43.5 Å². The number of methoxy groups -OCH3 is 1. The van der Waals surface area contributed by atoms with Gasteiger partial charge in [0, 0.05) is 31.6 Å². The number of halogens is 1. The highest BCUT2D eigenvalue weighted by Crippen LogP contribution is 2.43. The monoisotopic (exact) mass is 325 g/mol. The van der Waals surface area contributed by atoms with Crippen LogP contribution in [-0.2, 0) is 20.7 Å². The van der Waals surface area contributed by atoms with Crippen molar-refractivity contribution in [3.05, 3.63) is 28.8 Å². The highest BCUT2D eigenvalue weighted by Gasteiger charge is 2.54. The van der Waals surface area contributed by atoms with Crippen molar-refractivity contribution >= 4 is 17.5 Å².